The number of aliphatic hydroxyl groups excluding tert-OH is 1. The number of rotatable bonds is 2. The van der Waals surface area contributed by atoms with Gasteiger partial charge in [0.1, 0.15) is 5.78 Å². The van der Waals surface area contributed by atoms with Crippen molar-refractivity contribution in [2.75, 3.05) is 0 Å². The van der Waals surface area contributed by atoms with Crippen LogP contribution in [0.4, 0.5) is 0 Å². The maximum absolute atomic E-state index is 11.0. The van der Waals surface area contributed by atoms with Gasteiger partial charge in [0.05, 0.1) is 12.1 Å². The molecule has 0 heterocycles. The first-order chi connectivity index (χ1) is 6.00. The van der Waals surface area contributed by atoms with Crippen LogP contribution < -0.4 is 5.32 Å². The highest BCUT2D eigenvalue weighted by Crippen LogP contribution is 2.26. The topological polar surface area (TPSA) is 66.4 Å². The molecule has 0 saturated heterocycles. The van der Waals surface area contributed by atoms with Gasteiger partial charge in [0.2, 0.25) is 5.91 Å². The van der Waals surface area contributed by atoms with Gasteiger partial charge in [0.15, 0.2) is 0 Å². The molecule has 0 unspecified atom stereocenters. The minimum Gasteiger partial charge on any atom is -0.391 e. The Balaban J connectivity index is 2.51. The molecule has 1 saturated carbocycles. The van der Waals surface area contributed by atoms with E-state index in [1.807, 2.05) is 0 Å². The molecule has 0 radical (unpaired) electrons. The van der Waals surface area contributed by atoms with E-state index in [1.165, 1.54) is 13.8 Å². The zero-order chi connectivity index (χ0) is 10.0. The molecule has 3 atom stereocenters. The molecule has 1 aliphatic carbocycles. The standard InChI is InChI=1S/C9H15NO3/c1-5(11)7-3-8(9(13)4-7)10-6(2)12/h7-9,13H,3-4H2,1-2H3,(H,10,12)/t7-,8-,9+/m0/s1. The van der Waals surface area contributed by atoms with Gasteiger partial charge in [-0.05, 0) is 19.8 Å². The van der Waals surface area contributed by atoms with Crippen molar-refractivity contribution >= 4 is 11.7 Å². The Morgan fingerprint density at radius 2 is 1.92 bits per heavy atom. The molecule has 1 fully saturated rings. The molecule has 1 aliphatic rings. The number of nitrogens with one attached hydrogen (secondary N) is 1. The fourth-order valence-corrected chi connectivity index (χ4v) is 1.76. The molecule has 0 spiro atoms. The first-order valence-corrected chi connectivity index (χ1v) is 4.46. The molecule has 0 aromatic heterocycles. The van der Waals surface area contributed by atoms with Gasteiger partial charge in [-0.2, -0.15) is 0 Å². The van der Waals surface area contributed by atoms with Gasteiger partial charge in [-0.3, -0.25) is 9.59 Å². The minimum absolute atomic E-state index is 0.0897. The normalized spacial score (nSPS) is 33.0. The predicted molar refractivity (Wildman–Crippen MR) is 47.0 cm³/mol. The van der Waals surface area contributed by atoms with Crippen molar-refractivity contribution in [3.63, 3.8) is 0 Å². The number of ketones is 1. The van der Waals surface area contributed by atoms with E-state index in [4.69, 9.17) is 0 Å². The maximum atomic E-state index is 11.0. The predicted octanol–water partition coefficient (Wildman–Crippen LogP) is -0.149. The van der Waals surface area contributed by atoms with E-state index in [0.717, 1.165) is 0 Å². The highest BCUT2D eigenvalue weighted by molar-refractivity contribution is 5.79. The monoisotopic (exact) mass is 185 g/mol. The second-order valence-corrected chi connectivity index (χ2v) is 3.65. The number of hydrogen-bond acceptors (Lipinski definition) is 3. The lowest BCUT2D eigenvalue weighted by atomic mass is 10.0. The summed E-state index contributed by atoms with van der Waals surface area (Å²) in [5.41, 5.74) is 0. The fraction of sp³-hybridized carbons (Fsp3) is 0.778. The quantitative estimate of drug-likeness (QED) is 0.628. The number of aliphatic hydroxyl groups is 1. The lowest BCUT2D eigenvalue weighted by Gasteiger charge is -2.14. The van der Waals surface area contributed by atoms with Crippen LogP contribution in [-0.4, -0.2) is 28.9 Å². The SMILES string of the molecule is CC(=O)N[C@H]1C[C@H](C(C)=O)C[C@H]1O. The Labute approximate surface area is 77.3 Å². The van der Waals surface area contributed by atoms with Crippen molar-refractivity contribution in [1.82, 2.24) is 5.32 Å². The van der Waals surface area contributed by atoms with E-state index >= 15 is 0 Å². The Hall–Kier alpha value is -0.900. The van der Waals surface area contributed by atoms with Gasteiger partial charge in [0, 0.05) is 12.8 Å². The fourth-order valence-electron chi connectivity index (χ4n) is 1.76. The molecule has 74 valence electrons. The molecule has 1 rings (SSSR count). The summed E-state index contributed by atoms with van der Waals surface area (Å²) in [7, 11) is 0. The number of amides is 1. The summed E-state index contributed by atoms with van der Waals surface area (Å²) in [6.07, 6.45) is 0.467. The van der Waals surface area contributed by atoms with Gasteiger partial charge in [-0.15, -0.1) is 0 Å². The summed E-state index contributed by atoms with van der Waals surface area (Å²) >= 11 is 0. The molecule has 2 N–H and O–H groups in total. The van der Waals surface area contributed by atoms with Gasteiger partial charge in [-0.25, -0.2) is 0 Å². The van der Waals surface area contributed by atoms with E-state index in [-0.39, 0.29) is 23.7 Å². The summed E-state index contributed by atoms with van der Waals surface area (Å²) in [5.74, 6) is -0.160. The van der Waals surface area contributed by atoms with Crippen LogP contribution in [0.2, 0.25) is 0 Å². The van der Waals surface area contributed by atoms with Crippen LogP contribution >= 0.6 is 0 Å². The summed E-state index contributed by atoms with van der Waals surface area (Å²) in [6.45, 7) is 2.93. The molecule has 4 nitrogen and oxygen atoms in total. The second kappa shape index (κ2) is 3.87. The summed E-state index contributed by atoms with van der Waals surface area (Å²) in [5, 5.41) is 12.1. The molecule has 0 aromatic rings. The minimum atomic E-state index is -0.571. The summed E-state index contributed by atoms with van der Waals surface area (Å²) in [6, 6.07) is -0.244. The average molecular weight is 185 g/mol. The van der Waals surface area contributed by atoms with Gasteiger partial charge < -0.3 is 10.4 Å². The molecular weight excluding hydrogens is 170 g/mol. The third kappa shape index (κ3) is 2.52. The van der Waals surface area contributed by atoms with E-state index in [2.05, 4.69) is 5.32 Å². The number of hydrogen-bond donors (Lipinski definition) is 2. The molecule has 4 heteroatoms. The average Bonchev–Trinajstić information content (AvgIpc) is 2.31. The maximum Gasteiger partial charge on any atom is 0.217 e. The Kier molecular flexibility index (Phi) is 3.03. The molecular formula is C9H15NO3. The number of carbonyl (C=O) groups is 2. The summed E-state index contributed by atoms with van der Waals surface area (Å²) in [4.78, 5) is 21.7. The lowest BCUT2D eigenvalue weighted by Crippen LogP contribution is -2.38. The number of carbonyl (C=O) groups excluding carboxylic acids is 2. The first-order valence-electron chi connectivity index (χ1n) is 4.46. The van der Waals surface area contributed by atoms with Crippen molar-refractivity contribution < 1.29 is 14.7 Å². The second-order valence-electron chi connectivity index (χ2n) is 3.65. The van der Waals surface area contributed by atoms with Crippen LogP contribution in [0.5, 0.6) is 0 Å². The summed E-state index contributed by atoms with van der Waals surface area (Å²) < 4.78 is 0. The molecule has 1 amide bonds. The van der Waals surface area contributed by atoms with Crippen LogP contribution in [0.3, 0.4) is 0 Å². The zero-order valence-electron chi connectivity index (χ0n) is 7.91. The molecule has 0 aromatic carbocycles. The van der Waals surface area contributed by atoms with Crippen LogP contribution in [0, 0.1) is 5.92 Å². The van der Waals surface area contributed by atoms with Crippen LogP contribution in [0.1, 0.15) is 26.7 Å². The van der Waals surface area contributed by atoms with Crippen LogP contribution in [-0.2, 0) is 9.59 Å². The molecule has 13 heavy (non-hydrogen) atoms. The van der Waals surface area contributed by atoms with Crippen molar-refractivity contribution in [2.24, 2.45) is 5.92 Å². The van der Waals surface area contributed by atoms with E-state index < -0.39 is 6.10 Å². The Morgan fingerprint density at radius 1 is 1.31 bits per heavy atom. The van der Waals surface area contributed by atoms with Crippen molar-refractivity contribution in [3.05, 3.63) is 0 Å². The lowest BCUT2D eigenvalue weighted by molar-refractivity contribution is -0.121. The van der Waals surface area contributed by atoms with E-state index in [9.17, 15) is 14.7 Å². The van der Waals surface area contributed by atoms with E-state index in [0.29, 0.717) is 12.8 Å². The van der Waals surface area contributed by atoms with Gasteiger partial charge >= 0.3 is 0 Å². The Morgan fingerprint density at radius 3 is 2.31 bits per heavy atom. The molecule has 0 bridgehead atoms. The zero-order valence-corrected chi connectivity index (χ0v) is 7.91. The smallest absolute Gasteiger partial charge is 0.217 e. The largest absolute Gasteiger partial charge is 0.391 e. The third-order valence-corrected chi connectivity index (χ3v) is 2.49. The van der Waals surface area contributed by atoms with Crippen molar-refractivity contribution in [3.8, 4) is 0 Å². The number of Topliss-reactive ketones (excluding diaryl/α,β-unsaturated/α-hetero) is 1. The highest BCUT2D eigenvalue weighted by atomic mass is 16.3. The highest BCUT2D eigenvalue weighted by Gasteiger charge is 2.35. The Bertz CT molecular complexity index is 227. The van der Waals surface area contributed by atoms with E-state index in [1.54, 1.807) is 0 Å². The van der Waals surface area contributed by atoms with Crippen LogP contribution in [0.15, 0.2) is 0 Å². The van der Waals surface area contributed by atoms with Crippen molar-refractivity contribution in [1.29, 1.82) is 0 Å². The molecule has 0 aliphatic heterocycles. The van der Waals surface area contributed by atoms with Crippen LogP contribution in [0.25, 0.3) is 0 Å². The van der Waals surface area contributed by atoms with Crippen molar-refractivity contribution in [2.45, 2.75) is 38.8 Å². The first kappa shape index (κ1) is 10.2. The third-order valence-electron chi connectivity index (χ3n) is 2.49. The van der Waals surface area contributed by atoms with Gasteiger partial charge in [-0.1, -0.05) is 0 Å². The van der Waals surface area contributed by atoms with Gasteiger partial charge in [0.25, 0.3) is 0 Å².